The summed E-state index contributed by atoms with van der Waals surface area (Å²) in [4.78, 5) is 13.7. The van der Waals surface area contributed by atoms with E-state index < -0.39 is 5.97 Å². The molecule has 1 unspecified atom stereocenters. The molecular formula is C16H20ClNO2. The molecule has 0 spiro atoms. The molecule has 1 aliphatic carbocycles. The second-order valence-electron chi connectivity index (χ2n) is 5.89. The fourth-order valence-corrected chi connectivity index (χ4v) is 4.17. The van der Waals surface area contributed by atoms with Crippen molar-refractivity contribution in [2.45, 2.75) is 44.6 Å². The van der Waals surface area contributed by atoms with E-state index in [1.807, 2.05) is 0 Å². The molecule has 1 aromatic rings. The summed E-state index contributed by atoms with van der Waals surface area (Å²) < 4.78 is 0. The second kappa shape index (κ2) is 5.65. The van der Waals surface area contributed by atoms with Crippen LogP contribution >= 0.6 is 11.6 Å². The Balaban J connectivity index is 1.96. The average Bonchev–Trinajstić information content (AvgIpc) is 3.08. The predicted molar refractivity (Wildman–Crippen MR) is 80.7 cm³/mol. The molecule has 0 bridgehead atoms. The van der Waals surface area contributed by atoms with Crippen molar-refractivity contribution in [1.29, 1.82) is 0 Å². The Kier molecular flexibility index (Phi) is 3.88. The largest absolute Gasteiger partial charge is 0.478 e. The molecule has 1 aliphatic heterocycles. The van der Waals surface area contributed by atoms with Gasteiger partial charge < -0.3 is 10.0 Å². The van der Waals surface area contributed by atoms with Gasteiger partial charge in [0.05, 0.1) is 16.3 Å². The minimum Gasteiger partial charge on any atom is -0.478 e. The van der Waals surface area contributed by atoms with Crippen molar-refractivity contribution >= 4 is 23.3 Å². The van der Waals surface area contributed by atoms with E-state index >= 15 is 0 Å². The van der Waals surface area contributed by atoms with Gasteiger partial charge in [-0.15, -0.1) is 0 Å². The standard InChI is InChI=1S/C16H20ClNO2/c17-13-8-3-7-12(16(19)20)15(13)18-10-4-9-14(18)11-5-1-2-6-11/h3,7-8,11,14H,1-2,4-6,9-10H2,(H,19,20). The van der Waals surface area contributed by atoms with Gasteiger partial charge in [-0.05, 0) is 43.7 Å². The Bertz CT molecular complexity index is 511. The average molecular weight is 294 g/mol. The van der Waals surface area contributed by atoms with Crippen molar-refractivity contribution in [1.82, 2.24) is 0 Å². The first-order valence-electron chi connectivity index (χ1n) is 7.47. The molecule has 108 valence electrons. The number of anilines is 1. The maximum absolute atomic E-state index is 11.5. The van der Waals surface area contributed by atoms with Crippen LogP contribution in [-0.2, 0) is 0 Å². The molecule has 20 heavy (non-hydrogen) atoms. The van der Waals surface area contributed by atoms with Gasteiger partial charge in [0.1, 0.15) is 0 Å². The molecule has 1 saturated heterocycles. The van der Waals surface area contributed by atoms with Gasteiger partial charge in [-0.2, -0.15) is 0 Å². The summed E-state index contributed by atoms with van der Waals surface area (Å²) in [6, 6.07) is 5.65. The number of halogens is 1. The minimum absolute atomic E-state index is 0.336. The molecule has 0 aromatic heterocycles. The first-order valence-corrected chi connectivity index (χ1v) is 7.84. The van der Waals surface area contributed by atoms with Crippen LogP contribution in [0.3, 0.4) is 0 Å². The number of carboxylic acid groups (broad SMARTS) is 1. The Morgan fingerprint density at radius 2 is 1.95 bits per heavy atom. The Morgan fingerprint density at radius 1 is 1.20 bits per heavy atom. The van der Waals surface area contributed by atoms with Crippen LogP contribution in [0.15, 0.2) is 18.2 Å². The van der Waals surface area contributed by atoms with Gasteiger partial charge in [-0.1, -0.05) is 30.5 Å². The van der Waals surface area contributed by atoms with Crippen LogP contribution in [0.2, 0.25) is 5.02 Å². The van der Waals surface area contributed by atoms with Crippen LogP contribution < -0.4 is 4.90 Å². The third-order valence-corrected chi connectivity index (χ3v) is 5.05. The molecule has 0 amide bonds. The van der Waals surface area contributed by atoms with Gasteiger partial charge in [0.15, 0.2) is 0 Å². The van der Waals surface area contributed by atoms with Crippen LogP contribution in [0.4, 0.5) is 5.69 Å². The van der Waals surface area contributed by atoms with Crippen molar-refractivity contribution in [3.63, 3.8) is 0 Å². The maximum atomic E-state index is 11.5. The molecule has 3 rings (SSSR count). The van der Waals surface area contributed by atoms with E-state index in [1.54, 1.807) is 18.2 Å². The van der Waals surface area contributed by atoms with Gasteiger partial charge in [0.25, 0.3) is 0 Å². The van der Waals surface area contributed by atoms with Crippen LogP contribution in [0, 0.1) is 5.92 Å². The Labute approximate surface area is 124 Å². The zero-order valence-corrected chi connectivity index (χ0v) is 12.3. The number of carboxylic acids is 1. The van der Waals surface area contributed by atoms with Crippen LogP contribution in [0.5, 0.6) is 0 Å². The minimum atomic E-state index is -0.889. The fraction of sp³-hybridized carbons (Fsp3) is 0.562. The van der Waals surface area contributed by atoms with Gasteiger partial charge in [0, 0.05) is 12.6 Å². The fourth-order valence-electron chi connectivity index (χ4n) is 3.88. The zero-order chi connectivity index (χ0) is 14.1. The number of hydrogen-bond donors (Lipinski definition) is 1. The molecule has 1 aromatic carbocycles. The highest BCUT2D eigenvalue weighted by atomic mass is 35.5. The summed E-state index contributed by atoms with van der Waals surface area (Å²) in [6.45, 7) is 0.922. The summed E-state index contributed by atoms with van der Waals surface area (Å²) in [7, 11) is 0. The highest BCUT2D eigenvalue weighted by molar-refractivity contribution is 6.34. The molecular weight excluding hydrogens is 274 g/mol. The topological polar surface area (TPSA) is 40.5 Å². The summed E-state index contributed by atoms with van der Waals surface area (Å²) in [6.07, 6.45) is 7.45. The number of aromatic carboxylic acids is 1. The van der Waals surface area contributed by atoms with Crippen molar-refractivity contribution in [3.05, 3.63) is 28.8 Å². The number of rotatable bonds is 3. The molecule has 4 heteroatoms. The summed E-state index contributed by atoms with van der Waals surface area (Å²) in [5.74, 6) is -0.185. The molecule has 3 nitrogen and oxygen atoms in total. The third-order valence-electron chi connectivity index (χ3n) is 4.75. The normalized spacial score (nSPS) is 23.4. The number of nitrogens with zero attached hydrogens (tertiary/aromatic N) is 1. The van der Waals surface area contributed by atoms with Gasteiger partial charge in [-0.3, -0.25) is 0 Å². The van der Waals surface area contributed by atoms with Crippen LogP contribution in [-0.4, -0.2) is 23.7 Å². The monoisotopic (exact) mass is 293 g/mol. The van der Waals surface area contributed by atoms with E-state index in [1.165, 1.54) is 25.7 Å². The van der Waals surface area contributed by atoms with E-state index in [4.69, 9.17) is 11.6 Å². The quantitative estimate of drug-likeness (QED) is 0.908. The van der Waals surface area contributed by atoms with Gasteiger partial charge in [-0.25, -0.2) is 4.79 Å². The molecule has 1 saturated carbocycles. The lowest BCUT2D eigenvalue weighted by molar-refractivity contribution is 0.0697. The predicted octanol–water partition coefficient (Wildman–Crippen LogP) is 4.20. The van der Waals surface area contributed by atoms with Crippen LogP contribution in [0.1, 0.15) is 48.9 Å². The van der Waals surface area contributed by atoms with E-state index in [-0.39, 0.29) is 0 Å². The number of hydrogen-bond acceptors (Lipinski definition) is 2. The number of carbonyl (C=O) groups is 1. The Hall–Kier alpha value is -1.22. The molecule has 0 radical (unpaired) electrons. The molecule has 2 aliphatic rings. The summed E-state index contributed by atoms with van der Waals surface area (Å²) in [5, 5.41) is 9.98. The SMILES string of the molecule is O=C(O)c1cccc(Cl)c1N1CCCC1C1CCCC1. The van der Waals surface area contributed by atoms with Crippen LogP contribution in [0.25, 0.3) is 0 Å². The van der Waals surface area contributed by atoms with E-state index in [2.05, 4.69) is 4.90 Å². The highest BCUT2D eigenvalue weighted by Gasteiger charge is 2.35. The van der Waals surface area contributed by atoms with Gasteiger partial charge >= 0.3 is 5.97 Å². The maximum Gasteiger partial charge on any atom is 0.337 e. The summed E-state index contributed by atoms with van der Waals surface area (Å²) in [5.41, 5.74) is 1.07. The summed E-state index contributed by atoms with van der Waals surface area (Å²) >= 11 is 6.32. The van der Waals surface area contributed by atoms with Crippen molar-refractivity contribution in [3.8, 4) is 0 Å². The van der Waals surface area contributed by atoms with E-state index in [0.717, 1.165) is 25.1 Å². The number of para-hydroxylation sites is 1. The lowest BCUT2D eigenvalue weighted by Gasteiger charge is -2.32. The van der Waals surface area contributed by atoms with Crippen molar-refractivity contribution < 1.29 is 9.90 Å². The van der Waals surface area contributed by atoms with Gasteiger partial charge in [0.2, 0.25) is 0 Å². The zero-order valence-electron chi connectivity index (χ0n) is 11.5. The first-order chi connectivity index (χ1) is 9.68. The number of benzene rings is 1. The lowest BCUT2D eigenvalue weighted by atomic mass is 9.95. The Morgan fingerprint density at radius 3 is 2.65 bits per heavy atom. The third kappa shape index (κ3) is 2.39. The highest BCUT2D eigenvalue weighted by Crippen LogP contribution is 2.41. The smallest absolute Gasteiger partial charge is 0.337 e. The lowest BCUT2D eigenvalue weighted by Crippen LogP contribution is -2.35. The van der Waals surface area contributed by atoms with Crippen molar-refractivity contribution in [2.75, 3.05) is 11.4 Å². The van der Waals surface area contributed by atoms with E-state index in [9.17, 15) is 9.90 Å². The molecule has 1 N–H and O–H groups in total. The molecule has 1 heterocycles. The van der Waals surface area contributed by atoms with E-state index in [0.29, 0.717) is 22.5 Å². The molecule has 1 atom stereocenters. The first kappa shape index (κ1) is 13.7. The van der Waals surface area contributed by atoms with Crippen molar-refractivity contribution in [2.24, 2.45) is 5.92 Å². The second-order valence-corrected chi connectivity index (χ2v) is 6.30. The molecule has 2 fully saturated rings.